The second-order valence-electron chi connectivity index (χ2n) is 3.51. The molecular formula is C12H15NO3. The molecular weight excluding hydrogens is 206 g/mol. The summed E-state index contributed by atoms with van der Waals surface area (Å²) in [5, 5.41) is 11.2. The third kappa shape index (κ3) is 3.82. The first-order chi connectivity index (χ1) is 7.63. The zero-order chi connectivity index (χ0) is 12.0. The Bertz CT molecular complexity index is 370. The zero-order valence-electron chi connectivity index (χ0n) is 9.19. The predicted molar refractivity (Wildman–Crippen MR) is 61.4 cm³/mol. The summed E-state index contributed by atoms with van der Waals surface area (Å²) in [5.41, 5.74) is 1.28. The van der Waals surface area contributed by atoms with Crippen LogP contribution in [0.2, 0.25) is 0 Å². The molecule has 0 unspecified atom stereocenters. The number of hydrogen-bond acceptors (Lipinski definition) is 3. The fraction of sp³-hybridized carbons (Fsp3) is 0.333. The summed E-state index contributed by atoms with van der Waals surface area (Å²) >= 11 is 0. The molecule has 0 spiro atoms. The van der Waals surface area contributed by atoms with Crippen LogP contribution in [0.25, 0.3) is 0 Å². The van der Waals surface area contributed by atoms with Gasteiger partial charge in [0.2, 0.25) is 5.91 Å². The van der Waals surface area contributed by atoms with Crippen LogP contribution in [0.3, 0.4) is 0 Å². The van der Waals surface area contributed by atoms with Crippen LogP contribution in [0, 0.1) is 0 Å². The first-order valence-electron chi connectivity index (χ1n) is 5.15. The molecule has 0 atom stereocenters. The van der Waals surface area contributed by atoms with Gasteiger partial charge in [0.05, 0.1) is 0 Å². The van der Waals surface area contributed by atoms with Crippen molar-refractivity contribution in [2.75, 3.05) is 11.9 Å². The van der Waals surface area contributed by atoms with E-state index in [-0.39, 0.29) is 18.3 Å². The fourth-order valence-corrected chi connectivity index (χ4v) is 1.25. The van der Waals surface area contributed by atoms with E-state index < -0.39 is 0 Å². The molecule has 0 aromatic heterocycles. The van der Waals surface area contributed by atoms with Crippen molar-refractivity contribution in [3.8, 4) is 0 Å². The maximum atomic E-state index is 11.3. The molecule has 4 nitrogen and oxygen atoms in total. The SMILES string of the molecule is CC(=O)c1ccc(NC(=O)CCCO)cc1. The molecule has 0 heterocycles. The lowest BCUT2D eigenvalue weighted by Gasteiger charge is -2.04. The summed E-state index contributed by atoms with van der Waals surface area (Å²) in [6, 6.07) is 6.72. The average molecular weight is 221 g/mol. The van der Waals surface area contributed by atoms with E-state index in [1.54, 1.807) is 24.3 Å². The number of Topliss-reactive ketones (excluding diaryl/α,β-unsaturated/α-hetero) is 1. The highest BCUT2D eigenvalue weighted by Gasteiger charge is 2.02. The number of aliphatic hydroxyl groups is 1. The molecule has 0 saturated carbocycles. The molecule has 0 saturated heterocycles. The number of hydrogen-bond donors (Lipinski definition) is 2. The Morgan fingerprint density at radius 3 is 2.38 bits per heavy atom. The molecule has 86 valence electrons. The number of carbonyl (C=O) groups is 2. The van der Waals surface area contributed by atoms with Crippen molar-refractivity contribution in [3.05, 3.63) is 29.8 Å². The topological polar surface area (TPSA) is 66.4 Å². The van der Waals surface area contributed by atoms with Gasteiger partial charge in [0.1, 0.15) is 0 Å². The number of carbonyl (C=O) groups excluding carboxylic acids is 2. The highest BCUT2D eigenvalue weighted by Crippen LogP contribution is 2.10. The van der Waals surface area contributed by atoms with Crippen LogP contribution in [0.1, 0.15) is 30.1 Å². The number of anilines is 1. The molecule has 0 bridgehead atoms. The molecule has 0 aliphatic rings. The van der Waals surface area contributed by atoms with Gasteiger partial charge >= 0.3 is 0 Å². The lowest BCUT2D eigenvalue weighted by Crippen LogP contribution is -2.11. The van der Waals surface area contributed by atoms with Gasteiger partial charge in [-0.2, -0.15) is 0 Å². The minimum atomic E-state index is -0.135. The van der Waals surface area contributed by atoms with E-state index in [1.165, 1.54) is 6.92 Å². The Morgan fingerprint density at radius 2 is 1.88 bits per heavy atom. The number of nitrogens with one attached hydrogen (secondary N) is 1. The van der Waals surface area contributed by atoms with Crippen LogP contribution in [0.5, 0.6) is 0 Å². The summed E-state index contributed by atoms with van der Waals surface area (Å²) in [7, 11) is 0. The third-order valence-electron chi connectivity index (χ3n) is 2.14. The van der Waals surface area contributed by atoms with Crippen molar-refractivity contribution in [3.63, 3.8) is 0 Å². The highest BCUT2D eigenvalue weighted by atomic mass is 16.3. The minimum absolute atomic E-state index is 0.00171. The normalized spacial score (nSPS) is 9.88. The van der Waals surface area contributed by atoms with Crippen molar-refractivity contribution < 1.29 is 14.7 Å². The van der Waals surface area contributed by atoms with Crippen molar-refractivity contribution in [1.82, 2.24) is 0 Å². The highest BCUT2D eigenvalue weighted by molar-refractivity contribution is 5.95. The summed E-state index contributed by atoms with van der Waals surface area (Å²) in [4.78, 5) is 22.3. The Balaban J connectivity index is 2.55. The maximum absolute atomic E-state index is 11.3. The molecule has 1 aromatic carbocycles. The van der Waals surface area contributed by atoms with Gasteiger partial charge in [-0.05, 0) is 37.6 Å². The number of rotatable bonds is 5. The van der Waals surface area contributed by atoms with E-state index in [0.717, 1.165) is 0 Å². The number of ketones is 1. The van der Waals surface area contributed by atoms with Gasteiger partial charge in [0.25, 0.3) is 0 Å². The van der Waals surface area contributed by atoms with Gasteiger partial charge in [-0.15, -0.1) is 0 Å². The van der Waals surface area contributed by atoms with E-state index in [0.29, 0.717) is 24.1 Å². The number of amides is 1. The maximum Gasteiger partial charge on any atom is 0.224 e. The van der Waals surface area contributed by atoms with Crippen LogP contribution in [0.15, 0.2) is 24.3 Å². The van der Waals surface area contributed by atoms with Crippen molar-refractivity contribution in [2.45, 2.75) is 19.8 Å². The second kappa shape index (κ2) is 6.02. The number of benzene rings is 1. The van der Waals surface area contributed by atoms with Gasteiger partial charge in [-0.1, -0.05) is 0 Å². The summed E-state index contributed by atoms with van der Waals surface area (Å²) in [6.45, 7) is 1.51. The monoisotopic (exact) mass is 221 g/mol. The predicted octanol–water partition coefficient (Wildman–Crippen LogP) is 1.60. The molecule has 0 fully saturated rings. The van der Waals surface area contributed by atoms with Gasteiger partial charge in [0, 0.05) is 24.3 Å². The molecule has 1 rings (SSSR count). The molecule has 1 amide bonds. The first-order valence-corrected chi connectivity index (χ1v) is 5.15. The van der Waals surface area contributed by atoms with Crippen molar-refractivity contribution in [1.29, 1.82) is 0 Å². The largest absolute Gasteiger partial charge is 0.396 e. The smallest absolute Gasteiger partial charge is 0.224 e. The Morgan fingerprint density at radius 1 is 1.25 bits per heavy atom. The van der Waals surface area contributed by atoms with E-state index in [9.17, 15) is 9.59 Å². The average Bonchev–Trinajstić information content (AvgIpc) is 2.27. The van der Waals surface area contributed by atoms with E-state index in [4.69, 9.17) is 5.11 Å². The van der Waals surface area contributed by atoms with Crippen molar-refractivity contribution >= 4 is 17.4 Å². The standard InChI is InChI=1S/C12H15NO3/c1-9(15)10-4-6-11(7-5-10)13-12(16)3-2-8-14/h4-7,14H,2-3,8H2,1H3,(H,13,16). The summed E-state index contributed by atoms with van der Waals surface area (Å²) in [5.74, 6) is -0.136. The van der Waals surface area contributed by atoms with Crippen LogP contribution in [-0.4, -0.2) is 23.4 Å². The van der Waals surface area contributed by atoms with Gasteiger partial charge in [0.15, 0.2) is 5.78 Å². The molecule has 2 N–H and O–H groups in total. The fourth-order valence-electron chi connectivity index (χ4n) is 1.25. The van der Waals surface area contributed by atoms with E-state index in [2.05, 4.69) is 5.32 Å². The lowest BCUT2D eigenvalue weighted by molar-refractivity contribution is -0.116. The number of aliphatic hydroxyl groups excluding tert-OH is 1. The van der Waals surface area contributed by atoms with Crippen molar-refractivity contribution in [2.24, 2.45) is 0 Å². The molecule has 1 aromatic rings. The van der Waals surface area contributed by atoms with Crippen LogP contribution in [-0.2, 0) is 4.79 Å². The van der Waals surface area contributed by atoms with E-state index >= 15 is 0 Å². The molecule has 0 radical (unpaired) electrons. The van der Waals surface area contributed by atoms with Crippen LogP contribution < -0.4 is 5.32 Å². The Kier molecular flexibility index (Phi) is 4.66. The Hall–Kier alpha value is -1.68. The molecule has 0 aliphatic heterocycles. The second-order valence-corrected chi connectivity index (χ2v) is 3.51. The summed E-state index contributed by atoms with van der Waals surface area (Å²) < 4.78 is 0. The van der Waals surface area contributed by atoms with Gasteiger partial charge in [-0.25, -0.2) is 0 Å². The molecule has 16 heavy (non-hydrogen) atoms. The Labute approximate surface area is 94.3 Å². The quantitative estimate of drug-likeness (QED) is 0.742. The molecule has 4 heteroatoms. The van der Waals surface area contributed by atoms with E-state index in [1.807, 2.05) is 0 Å². The van der Waals surface area contributed by atoms with Gasteiger partial charge < -0.3 is 10.4 Å². The zero-order valence-corrected chi connectivity index (χ0v) is 9.19. The lowest BCUT2D eigenvalue weighted by atomic mass is 10.1. The van der Waals surface area contributed by atoms with Gasteiger partial charge in [-0.3, -0.25) is 9.59 Å². The van der Waals surface area contributed by atoms with Crippen LogP contribution in [0.4, 0.5) is 5.69 Å². The van der Waals surface area contributed by atoms with Crippen LogP contribution >= 0.6 is 0 Å². The third-order valence-corrected chi connectivity index (χ3v) is 2.14. The minimum Gasteiger partial charge on any atom is -0.396 e. The summed E-state index contributed by atoms with van der Waals surface area (Å²) in [6.07, 6.45) is 0.752. The first kappa shape index (κ1) is 12.4. The molecule has 0 aliphatic carbocycles.